The van der Waals surface area contributed by atoms with Crippen molar-refractivity contribution in [3.8, 4) is 0 Å². The third-order valence-electron chi connectivity index (χ3n) is 2.02. The number of benzene rings is 1. The maximum atomic E-state index is 3.99. The van der Waals surface area contributed by atoms with Crippen LogP contribution in [0.25, 0.3) is 0 Å². The fraction of sp³-hybridized carbons (Fsp3) is 0.200. The third-order valence-corrected chi connectivity index (χ3v) is 2.86. The Hall–Kier alpha value is -0.910. The van der Waals surface area contributed by atoms with E-state index in [-0.39, 0.29) is 0 Å². The van der Waals surface area contributed by atoms with E-state index >= 15 is 0 Å². The second kappa shape index (κ2) is 4.08. The summed E-state index contributed by atoms with van der Waals surface area (Å²) in [6.07, 6.45) is 1.76. The van der Waals surface area contributed by atoms with Gasteiger partial charge in [-0.25, -0.2) is 4.68 Å². The second-order valence-electron chi connectivity index (χ2n) is 3.20. The maximum absolute atomic E-state index is 3.99. The Morgan fingerprint density at radius 2 is 2.00 bits per heavy atom. The molecule has 0 unspecified atom stereocenters. The Labute approximate surface area is 96.3 Å². The zero-order chi connectivity index (χ0) is 9.97. The van der Waals surface area contributed by atoms with Crippen LogP contribution in [0.3, 0.4) is 0 Å². The van der Waals surface area contributed by atoms with E-state index in [9.17, 15) is 0 Å². The molecule has 1 aromatic heterocycles. The topological polar surface area (TPSA) is 30.7 Å². The average molecular weight is 299 g/mol. The van der Waals surface area contributed by atoms with Crippen molar-refractivity contribution in [1.29, 1.82) is 0 Å². The molecule has 0 aliphatic carbocycles. The van der Waals surface area contributed by atoms with Crippen molar-refractivity contribution in [3.63, 3.8) is 0 Å². The fourth-order valence-electron chi connectivity index (χ4n) is 1.22. The highest BCUT2D eigenvalue weighted by Gasteiger charge is 2.00. The van der Waals surface area contributed by atoms with Crippen LogP contribution >= 0.6 is 22.6 Å². The average Bonchev–Trinajstić information content (AvgIpc) is 2.56. The summed E-state index contributed by atoms with van der Waals surface area (Å²) in [4.78, 5) is 0. The van der Waals surface area contributed by atoms with Crippen molar-refractivity contribution in [2.45, 2.75) is 13.5 Å². The van der Waals surface area contributed by atoms with Crippen LogP contribution in [0.1, 0.15) is 11.1 Å². The van der Waals surface area contributed by atoms with Gasteiger partial charge >= 0.3 is 0 Å². The molecule has 0 saturated carbocycles. The summed E-state index contributed by atoms with van der Waals surface area (Å²) < 4.78 is 2.94. The lowest BCUT2D eigenvalue weighted by Gasteiger charge is -2.02. The van der Waals surface area contributed by atoms with Crippen LogP contribution in [0.2, 0.25) is 0 Å². The first-order valence-corrected chi connectivity index (χ1v) is 5.43. The van der Waals surface area contributed by atoms with E-state index in [1.54, 1.807) is 6.20 Å². The smallest absolute Gasteiger partial charge is 0.120 e. The minimum Gasteiger partial charge on any atom is -0.235 e. The van der Waals surface area contributed by atoms with Gasteiger partial charge < -0.3 is 0 Å². The molecule has 0 spiro atoms. The van der Waals surface area contributed by atoms with E-state index < -0.39 is 0 Å². The summed E-state index contributed by atoms with van der Waals surface area (Å²) >= 11 is 2.23. The van der Waals surface area contributed by atoms with Crippen LogP contribution < -0.4 is 0 Å². The monoisotopic (exact) mass is 299 g/mol. The number of aryl methyl sites for hydroxylation is 1. The van der Waals surface area contributed by atoms with Crippen LogP contribution in [0.15, 0.2) is 30.5 Å². The van der Waals surface area contributed by atoms with Crippen molar-refractivity contribution < 1.29 is 0 Å². The molecule has 2 aromatic rings. The summed E-state index contributed by atoms with van der Waals surface area (Å²) in [7, 11) is 0. The molecule has 4 heteroatoms. The van der Waals surface area contributed by atoms with Crippen LogP contribution in [-0.2, 0) is 6.54 Å². The van der Waals surface area contributed by atoms with Gasteiger partial charge in [0.15, 0.2) is 0 Å². The molecule has 0 saturated heterocycles. The molecule has 0 aliphatic rings. The minimum absolute atomic E-state index is 0.790. The summed E-state index contributed by atoms with van der Waals surface area (Å²) in [5.74, 6) is 0. The van der Waals surface area contributed by atoms with Crippen molar-refractivity contribution in [2.24, 2.45) is 0 Å². The van der Waals surface area contributed by atoms with Crippen molar-refractivity contribution in [1.82, 2.24) is 15.0 Å². The molecule has 72 valence electrons. The molecule has 1 aromatic carbocycles. The first kappa shape index (κ1) is 9.64. The van der Waals surface area contributed by atoms with E-state index in [1.165, 1.54) is 11.1 Å². The van der Waals surface area contributed by atoms with Crippen molar-refractivity contribution in [3.05, 3.63) is 45.3 Å². The van der Waals surface area contributed by atoms with Gasteiger partial charge in [-0.2, -0.15) is 0 Å². The maximum Gasteiger partial charge on any atom is 0.120 e. The number of rotatable bonds is 2. The van der Waals surface area contributed by atoms with E-state index in [0.29, 0.717) is 0 Å². The Bertz CT molecular complexity index is 419. The van der Waals surface area contributed by atoms with Gasteiger partial charge in [-0.1, -0.05) is 35.0 Å². The molecule has 0 aliphatic heterocycles. The lowest BCUT2D eigenvalue weighted by atomic mass is 10.1. The van der Waals surface area contributed by atoms with Crippen LogP contribution in [0.4, 0.5) is 0 Å². The number of hydrogen-bond donors (Lipinski definition) is 0. The Morgan fingerprint density at radius 1 is 1.29 bits per heavy atom. The van der Waals surface area contributed by atoms with Gasteiger partial charge in [-0.15, -0.1) is 5.10 Å². The molecule has 14 heavy (non-hydrogen) atoms. The lowest BCUT2D eigenvalue weighted by molar-refractivity contribution is 0.636. The molecular weight excluding hydrogens is 289 g/mol. The van der Waals surface area contributed by atoms with Gasteiger partial charge in [0.25, 0.3) is 0 Å². The third kappa shape index (κ3) is 2.12. The van der Waals surface area contributed by atoms with Crippen LogP contribution in [-0.4, -0.2) is 15.0 Å². The van der Waals surface area contributed by atoms with Crippen LogP contribution in [0, 0.1) is 10.6 Å². The van der Waals surface area contributed by atoms with Crippen molar-refractivity contribution in [2.75, 3.05) is 0 Å². The zero-order valence-electron chi connectivity index (χ0n) is 7.81. The minimum atomic E-state index is 0.790. The van der Waals surface area contributed by atoms with Gasteiger partial charge in [0, 0.05) is 0 Å². The van der Waals surface area contributed by atoms with Gasteiger partial charge in [-0.3, -0.25) is 0 Å². The highest BCUT2D eigenvalue weighted by molar-refractivity contribution is 14.1. The van der Waals surface area contributed by atoms with Crippen LogP contribution in [0.5, 0.6) is 0 Å². The molecular formula is C10H10IN3. The molecule has 1 heterocycles. The predicted octanol–water partition coefficient (Wildman–Crippen LogP) is 2.24. The van der Waals surface area contributed by atoms with Crippen molar-refractivity contribution >= 4 is 22.6 Å². The fourth-order valence-corrected chi connectivity index (χ4v) is 1.61. The Morgan fingerprint density at radius 3 is 2.57 bits per heavy atom. The Balaban J connectivity index is 2.19. The number of aromatic nitrogens is 3. The molecule has 0 radical (unpaired) electrons. The normalized spacial score (nSPS) is 10.4. The number of nitrogens with zero attached hydrogens (tertiary/aromatic N) is 3. The molecule has 0 bridgehead atoms. The summed E-state index contributed by atoms with van der Waals surface area (Å²) in [6, 6.07) is 8.46. The van der Waals surface area contributed by atoms with E-state index in [4.69, 9.17) is 0 Å². The van der Waals surface area contributed by atoms with Gasteiger partial charge in [0.2, 0.25) is 0 Å². The quantitative estimate of drug-likeness (QED) is 0.796. The summed E-state index contributed by atoms with van der Waals surface area (Å²) in [5.41, 5.74) is 2.53. The highest BCUT2D eigenvalue weighted by Crippen LogP contribution is 2.07. The lowest BCUT2D eigenvalue weighted by Crippen LogP contribution is -2.03. The first-order valence-electron chi connectivity index (χ1n) is 4.35. The summed E-state index contributed by atoms with van der Waals surface area (Å²) in [5, 5.41) is 7.83. The predicted molar refractivity (Wildman–Crippen MR) is 63.0 cm³/mol. The molecule has 0 N–H and O–H groups in total. The standard InChI is InChI=1S/C10H10IN3/c1-8-2-4-9(5-3-8)7-14-10(11)6-12-13-14/h2-6H,7H2,1H3. The van der Waals surface area contributed by atoms with E-state index in [0.717, 1.165) is 10.2 Å². The van der Waals surface area contributed by atoms with E-state index in [2.05, 4.69) is 64.1 Å². The van der Waals surface area contributed by atoms with Gasteiger partial charge in [0.1, 0.15) is 3.70 Å². The SMILES string of the molecule is Cc1ccc(Cn2nncc2I)cc1. The summed E-state index contributed by atoms with van der Waals surface area (Å²) in [6.45, 7) is 2.88. The first-order chi connectivity index (χ1) is 6.75. The molecule has 2 rings (SSSR count). The molecule has 3 nitrogen and oxygen atoms in total. The van der Waals surface area contributed by atoms with Gasteiger partial charge in [-0.05, 0) is 35.1 Å². The molecule has 0 atom stereocenters. The highest BCUT2D eigenvalue weighted by atomic mass is 127. The zero-order valence-corrected chi connectivity index (χ0v) is 9.97. The molecule has 0 amide bonds. The van der Waals surface area contributed by atoms with E-state index in [1.807, 2.05) is 4.68 Å². The number of hydrogen-bond acceptors (Lipinski definition) is 2. The van der Waals surface area contributed by atoms with Gasteiger partial charge in [0.05, 0.1) is 12.7 Å². The second-order valence-corrected chi connectivity index (χ2v) is 4.31. The number of halogens is 1. The Kier molecular flexibility index (Phi) is 2.81. The largest absolute Gasteiger partial charge is 0.235 e. The molecule has 0 fully saturated rings.